The van der Waals surface area contributed by atoms with E-state index in [1.54, 1.807) is 0 Å². The van der Waals surface area contributed by atoms with Gasteiger partial charge < -0.3 is 5.73 Å². The highest BCUT2D eigenvalue weighted by molar-refractivity contribution is 7.89. The molecule has 100 valence electrons. The number of halogens is 2. The molecule has 0 aliphatic heterocycles. The Hall–Kier alpha value is -0.330. The maximum atomic E-state index is 12.2. The van der Waals surface area contributed by atoms with Crippen molar-refractivity contribution in [2.75, 3.05) is 0 Å². The summed E-state index contributed by atoms with van der Waals surface area (Å²) in [5, 5.41) is 0.581. The molecular weight excluding hydrogens is 295 g/mol. The zero-order valence-electron chi connectivity index (χ0n) is 9.57. The van der Waals surface area contributed by atoms with Gasteiger partial charge in [-0.2, -0.15) is 0 Å². The van der Waals surface area contributed by atoms with Crippen molar-refractivity contribution >= 4 is 33.2 Å². The number of nitrogens with two attached hydrogens (primary N) is 1. The molecule has 0 heterocycles. The fourth-order valence-electron chi connectivity index (χ4n) is 2.09. The lowest BCUT2D eigenvalue weighted by molar-refractivity contribution is 0.522. The molecule has 2 atom stereocenters. The Bertz CT molecular complexity index is 528. The van der Waals surface area contributed by atoms with Crippen LogP contribution in [0.3, 0.4) is 0 Å². The highest BCUT2D eigenvalue weighted by Gasteiger charge is 2.29. The van der Waals surface area contributed by atoms with E-state index in [4.69, 9.17) is 28.9 Å². The summed E-state index contributed by atoms with van der Waals surface area (Å²) in [6, 6.07) is 3.89. The highest BCUT2D eigenvalue weighted by atomic mass is 35.5. The minimum atomic E-state index is -3.62. The third kappa shape index (κ3) is 3.16. The van der Waals surface area contributed by atoms with E-state index >= 15 is 0 Å². The maximum Gasteiger partial charge on any atom is 0.240 e. The van der Waals surface area contributed by atoms with Gasteiger partial charge in [0.05, 0.1) is 4.90 Å². The summed E-state index contributed by atoms with van der Waals surface area (Å²) in [4.78, 5) is 0.0686. The summed E-state index contributed by atoms with van der Waals surface area (Å²) in [5.41, 5.74) is 5.84. The summed E-state index contributed by atoms with van der Waals surface area (Å²) < 4.78 is 26.9. The van der Waals surface area contributed by atoms with Gasteiger partial charge in [-0.15, -0.1) is 0 Å². The lowest BCUT2D eigenvalue weighted by Crippen LogP contribution is -2.43. The average Bonchev–Trinajstić information content (AvgIpc) is 2.62. The smallest absolute Gasteiger partial charge is 0.240 e. The molecule has 1 aromatic carbocycles. The van der Waals surface area contributed by atoms with Crippen LogP contribution < -0.4 is 10.5 Å². The second-order valence-corrected chi connectivity index (χ2v) is 7.01. The molecule has 0 amide bonds. The molecule has 1 saturated carbocycles. The lowest BCUT2D eigenvalue weighted by Gasteiger charge is -2.17. The Labute approximate surface area is 117 Å². The Morgan fingerprint density at radius 1 is 1.17 bits per heavy atom. The number of benzene rings is 1. The van der Waals surface area contributed by atoms with Gasteiger partial charge in [0.25, 0.3) is 0 Å². The maximum absolute atomic E-state index is 12.2. The molecule has 0 radical (unpaired) electrons. The molecule has 0 spiro atoms. The lowest BCUT2D eigenvalue weighted by atomic mass is 10.2. The van der Waals surface area contributed by atoms with E-state index in [-0.39, 0.29) is 17.0 Å². The number of sulfonamides is 1. The van der Waals surface area contributed by atoms with Crippen molar-refractivity contribution in [3.63, 3.8) is 0 Å². The first-order chi connectivity index (χ1) is 8.38. The highest BCUT2D eigenvalue weighted by Crippen LogP contribution is 2.24. The van der Waals surface area contributed by atoms with E-state index in [9.17, 15) is 8.42 Å². The molecule has 2 unspecified atom stereocenters. The third-order valence-corrected chi connectivity index (χ3v) is 4.93. The summed E-state index contributed by atoms with van der Waals surface area (Å²) in [7, 11) is -3.62. The van der Waals surface area contributed by atoms with Crippen molar-refractivity contribution in [2.24, 2.45) is 5.73 Å². The average molecular weight is 309 g/mol. The second kappa shape index (κ2) is 5.35. The van der Waals surface area contributed by atoms with Crippen molar-refractivity contribution in [1.82, 2.24) is 4.72 Å². The second-order valence-electron chi connectivity index (χ2n) is 4.43. The summed E-state index contributed by atoms with van der Waals surface area (Å²) >= 11 is 11.6. The molecule has 1 aliphatic carbocycles. The van der Waals surface area contributed by atoms with Crippen LogP contribution >= 0.6 is 23.2 Å². The molecule has 2 rings (SSSR count). The van der Waals surface area contributed by atoms with Crippen LogP contribution in [0, 0.1) is 0 Å². The number of rotatable bonds is 3. The Kier molecular flexibility index (Phi) is 4.18. The van der Waals surface area contributed by atoms with Crippen molar-refractivity contribution in [3.8, 4) is 0 Å². The minimum Gasteiger partial charge on any atom is -0.326 e. The molecule has 1 aromatic rings. The predicted molar refractivity (Wildman–Crippen MR) is 72.4 cm³/mol. The van der Waals surface area contributed by atoms with E-state index in [2.05, 4.69) is 4.72 Å². The molecule has 3 N–H and O–H groups in total. The standard InChI is InChI=1S/C11H14Cl2N2O2S/c12-7-4-8(13)6-9(5-7)18(16,17)15-11-3-1-2-10(11)14/h4-6,10-11,15H,1-3,14H2. The summed E-state index contributed by atoms with van der Waals surface area (Å²) in [6.45, 7) is 0. The van der Waals surface area contributed by atoms with Gasteiger partial charge in [-0.25, -0.2) is 13.1 Å². The van der Waals surface area contributed by atoms with Crippen LogP contribution in [-0.2, 0) is 10.0 Å². The van der Waals surface area contributed by atoms with Crippen LogP contribution in [0.2, 0.25) is 10.0 Å². The fraction of sp³-hybridized carbons (Fsp3) is 0.455. The van der Waals surface area contributed by atoms with Gasteiger partial charge in [-0.1, -0.05) is 29.6 Å². The fourth-order valence-corrected chi connectivity index (χ4v) is 4.13. The summed E-state index contributed by atoms with van der Waals surface area (Å²) in [6.07, 6.45) is 2.53. The van der Waals surface area contributed by atoms with Gasteiger partial charge >= 0.3 is 0 Å². The minimum absolute atomic E-state index is 0.0686. The number of hydrogen-bond acceptors (Lipinski definition) is 3. The SMILES string of the molecule is NC1CCCC1NS(=O)(=O)c1cc(Cl)cc(Cl)c1. The predicted octanol–water partition coefficient (Wildman–Crippen LogP) is 2.15. The summed E-state index contributed by atoms with van der Waals surface area (Å²) in [5.74, 6) is 0. The first-order valence-electron chi connectivity index (χ1n) is 5.62. The molecule has 18 heavy (non-hydrogen) atoms. The van der Waals surface area contributed by atoms with Crippen molar-refractivity contribution in [3.05, 3.63) is 28.2 Å². The Morgan fingerprint density at radius 2 is 1.78 bits per heavy atom. The van der Waals surface area contributed by atoms with Crippen molar-refractivity contribution in [1.29, 1.82) is 0 Å². The number of hydrogen-bond donors (Lipinski definition) is 2. The molecule has 0 bridgehead atoms. The van der Waals surface area contributed by atoms with E-state index < -0.39 is 10.0 Å². The van der Waals surface area contributed by atoms with Crippen LogP contribution in [0.25, 0.3) is 0 Å². The number of nitrogens with one attached hydrogen (secondary N) is 1. The van der Waals surface area contributed by atoms with Crippen LogP contribution in [0.1, 0.15) is 19.3 Å². The van der Waals surface area contributed by atoms with Crippen LogP contribution in [-0.4, -0.2) is 20.5 Å². The first kappa shape index (κ1) is 14.1. The third-order valence-electron chi connectivity index (χ3n) is 3.02. The Balaban J connectivity index is 2.25. The normalized spacial score (nSPS) is 24.4. The van der Waals surface area contributed by atoms with Crippen LogP contribution in [0.4, 0.5) is 0 Å². The Morgan fingerprint density at radius 3 is 2.28 bits per heavy atom. The van der Waals surface area contributed by atoms with Gasteiger partial charge in [0.1, 0.15) is 0 Å². The zero-order valence-corrected chi connectivity index (χ0v) is 11.9. The largest absolute Gasteiger partial charge is 0.326 e. The van der Waals surface area contributed by atoms with E-state index in [1.165, 1.54) is 18.2 Å². The van der Waals surface area contributed by atoms with Gasteiger partial charge in [0.2, 0.25) is 10.0 Å². The molecule has 1 fully saturated rings. The van der Waals surface area contributed by atoms with Crippen molar-refractivity contribution in [2.45, 2.75) is 36.2 Å². The molecule has 1 aliphatic rings. The van der Waals surface area contributed by atoms with E-state index in [1.807, 2.05) is 0 Å². The topological polar surface area (TPSA) is 72.2 Å². The van der Waals surface area contributed by atoms with E-state index in [0.29, 0.717) is 10.0 Å². The van der Waals surface area contributed by atoms with E-state index in [0.717, 1.165) is 19.3 Å². The molecule has 4 nitrogen and oxygen atoms in total. The quantitative estimate of drug-likeness (QED) is 0.898. The van der Waals surface area contributed by atoms with Crippen molar-refractivity contribution < 1.29 is 8.42 Å². The monoisotopic (exact) mass is 308 g/mol. The molecular formula is C11H14Cl2N2O2S. The van der Waals surface area contributed by atoms with Gasteiger partial charge in [0, 0.05) is 22.1 Å². The zero-order chi connectivity index (χ0) is 13.3. The van der Waals surface area contributed by atoms with Crippen LogP contribution in [0.5, 0.6) is 0 Å². The van der Waals surface area contributed by atoms with Gasteiger partial charge in [-0.05, 0) is 31.0 Å². The first-order valence-corrected chi connectivity index (χ1v) is 7.86. The molecule has 7 heteroatoms. The molecule has 0 saturated heterocycles. The van der Waals surface area contributed by atoms with Crippen LogP contribution in [0.15, 0.2) is 23.1 Å². The molecule has 0 aromatic heterocycles. The van der Waals surface area contributed by atoms with Gasteiger partial charge in [0.15, 0.2) is 0 Å². The van der Waals surface area contributed by atoms with Gasteiger partial charge in [-0.3, -0.25) is 0 Å².